The fraction of sp³-hybridized carbons (Fsp3) is 0.882. The van der Waals surface area contributed by atoms with E-state index in [0.29, 0.717) is 25.7 Å². The average molecular weight is 324 g/mol. The summed E-state index contributed by atoms with van der Waals surface area (Å²) in [7, 11) is 1.60. The van der Waals surface area contributed by atoms with Crippen molar-refractivity contribution in [3.05, 3.63) is 0 Å². The third-order valence-corrected chi connectivity index (χ3v) is 5.39. The molecule has 0 aromatic rings. The molecule has 0 radical (unpaired) electrons. The van der Waals surface area contributed by atoms with Crippen LogP contribution in [0.3, 0.4) is 0 Å². The summed E-state index contributed by atoms with van der Waals surface area (Å²) in [6.45, 7) is 3.48. The molecule has 1 N–H and O–H groups in total. The van der Waals surface area contributed by atoms with Crippen molar-refractivity contribution >= 4 is 11.8 Å². The Labute approximate surface area is 137 Å². The maximum absolute atomic E-state index is 12.8. The van der Waals surface area contributed by atoms with Gasteiger partial charge in [0.05, 0.1) is 13.2 Å². The molecule has 1 spiro atoms. The van der Waals surface area contributed by atoms with Gasteiger partial charge < -0.3 is 14.8 Å². The molecule has 1 atom stereocenters. The molecule has 1 saturated heterocycles. The van der Waals surface area contributed by atoms with Crippen LogP contribution >= 0.6 is 0 Å². The summed E-state index contributed by atoms with van der Waals surface area (Å²) in [4.78, 5) is 27.2. The molecule has 0 aromatic carbocycles. The zero-order chi connectivity index (χ0) is 16.4. The standard InChI is InChI=1S/C17H28N2O4/c1-12-5-7-17(8-6-12)19(16(21)13-3-4-13)14(11-23-17)15(20)18-9-10-22-2/h12-14H,3-11H2,1-2H3,(H,18,20)/t12?,14-,17?/m0/s1. The lowest BCUT2D eigenvalue weighted by Gasteiger charge is -2.43. The fourth-order valence-electron chi connectivity index (χ4n) is 3.73. The summed E-state index contributed by atoms with van der Waals surface area (Å²) in [5.41, 5.74) is -0.546. The molecule has 0 bridgehead atoms. The summed E-state index contributed by atoms with van der Waals surface area (Å²) >= 11 is 0. The van der Waals surface area contributed by atoms with Gasteiger partial charge in [0.25, 0.3) is 0 Å². The van der Waals surface area contributed by atoms with Gasteiger partial charge in [-0.3, -0.25) is 14.5 Å². The number of carbonyl (C=O) groups is 2. The summed E-state index contributed by atoms with van der Waals surface area (Å²) in [6, 6.07) is -0.492. The number of nitrogens with one attached hydrogen (secondary N) is 1. The first-order chi connectivity index (χ1) is 11.1. The van der Waals surface area contributed by atoms with E-state index in [9.17, 15) is 9.59 Å². The van der Waals surface area contributed by atoms with Crippen LogP contribution in [0.15, 0.2) is 0 Å². The van der Waals surface area contributed by atoms with Crippen LogP contribution in [0.5, 0.6) is 0 Å². The van der Waals surface area contributed by atoms with Gasteiger partial charge in [-0.05, 0) is 44.4 Å². The third-order valence-electron chi connectivity index (χ3n) is 5.39. The van der Waals surface area contributed by atoms with Crippen LogP contribution in [0.4, 0.5) is 0 Å². The van der Waals surface area contributed by atoms with Crippen molar-refractivity contribution in [1.82, 2.24) is 10.2 Å². The van der Waals surface area contributed by atoms with Gasteiger partial charge in [-0.2, -0.15) is 0 Å². The van der Waals surface area contributed by atoms with E-state index in [4.69, 9.17) is 9.47 Å². The molecule has 6 nitrogen and oxygen atoms in total. The van der Waals surface area contributed by atoms with Crippen molar-refractivity contribution in [3.63, 3.8) is 0 Å². The van der Waals surface area contributed by atoms with E-state index < -0.39 is 11.8 Å². The summed E-state index contributed by atoms with van der Waals surface area (Å²) in [5.74, 6) is 0.759. The molecule has 23 heavy (non-hydrogen) atoms. The van der Waals surface area contributed by atoms with Crippen LogP contribution in [0.25, 0.3) is 0 Å². The molecule has 3 aliphatic rings. The SMILES string of the molecule is COCCNC(=O)[C@@H]1COC2(CCC(C)CC2)N1C(=O)C1CC1. The number of hydrogen-bond acceptors (Lipinski definition) is 4. The van der Waals surface area contributed by atoms with Crippen LogP contribution in [-0.2, 0) is 19.1 Å². The van der Waals surface area contributed by atoms with Crippen molar-refractivity contribution in [1.29, 1.82) is 0 Å². The molecular weight excluding hydrogens is 296 g/mol. The first kappa shape index (κ1) is 16.7. The van der Waals surface area contributed by atoms with Crippen molar-refractivity contribution < 1.29 is 19.1 Å². The second-order valence-electron chi connectivity index (χ2n) is 7.22. The number of nitrogens with zero attached hydrogens (tertiary/aromatic N) is 1. The van der Waals surface area contributed by atoms with Crippen molar-refractivity contribution in [2.24, 2.45) is 11.8 Å². The second kappa shape index (κ2) is 6.77. The van der Waals surface area contributed by atoms with E-state index in [1.54, 1.807) is 12.0 Å². The Bertz CT molecular complexity index is 456. The number of methoxy groups -OCH3 is 1. The Morgan fingerprint density at radius 3 is 2.57 bits per heavy atom. The first-order valence-corrected chi connectivity index (χ1v) is 8.81. The molecule has 0 aromatic heterocycles. The largest absolute Gasteiger partial charge is 0.383 e. The van der Waals surface area contributed by atoms with Gasteiger partial charge in [-0.25, -0.2) is 0 Å². The summed E-state index contributed by atoms with van der Waals surface area (Å²) < 4.78 is 11.1. The minimum Gasteiger partial charge on any atom is -0.383 e. The quantitative estimate of drug-likeness (QED) is 0.774. The van der Waals surface area contributed by atoms with E-state index in [-0.39, 0.29) is 17.7 Å². The molecule has 6 heteroatoms. The molecule has 3 rings (SSSR count). The molecule has 130 valence electrons. The highest BCUT2D eigenvalue weighted by Crippen LogP contribution is 2.45. The van der Waals surface area contributed by atoms with E-state index in [0.717, 1.165) is 38.5 Å². The predicted molar refractivity (Wildman–Crippen MR) is 84.6 cm³/mol. The second-order valence-corrected chi connectivity index (χ2v) is 7.22. The maximum atomic E-state index is 12.8. The van der Waals surface area contributed by atoms with Crippen LogP contribution in [0, 0.1) is 11.8 Å². The summed E-state index contributed by atoms with van der Waals surface area (Å²) in [5, 5.41) is 2.86. The number of hydrogen-bond donors (Lipinski definition) is 1. The summed E-state index contributed by atoms with van der Waals surface area (Å²) in [6.07, 6.45) is 5.67. The first-order valence-electron chi connectivity index (χ1n) is 8.81. The Kier molecular flexibility index (Phi) is 4.92. The zero-order valence-corrected chi connectivity index (χ0v) is 14.2. The van der Waals surface area contributed by atoms with Gasteiger partial charge in [0.15, 0.2) is 0 Å². The molecular formula is C17H28N2O4. The van der Waals surface area contributed by atoms with Crippen molar-refractivity contribution in [3.8, 4) is 0 Å². The van der Waals surface area contributed by atoms with Gasteiger partial charge in [-0.15, -0.1) is 0 Å². The third kappa shape index (κ3) is 3.38. The van der Waals surface area contributed by atoms with E-state index in [2.05, 4.69) is 12.2 Å². The number of rotatable bonds is 5. The van der Waals surface area contributed by atoms with Crippen molar-refractivity contribution in [2.75, 3.05) is 26.9 Å². The average Bonchev–Trinajstić information content (AvgIpc) is 3.33. The molecule has 2 aliphatic carbocycles. The van der Waals surface area contributed by atoms with Crippen LogP contribution in [0.1, 0.15) is 45.4 Å². The maximum Gasteiger partial charge on any atom is 0.245 e. The van der Waals surface area contributed by atoms with Gasteiger partial charge in [0, 0.05) is 19.6 Å². The highest BCUT2D eigenvalue weighted by molar-refractivity contribution is 5.90. The molecule has 1 heterocycles. The van der Waals surface area contributed by atoms with Crippen LogP contribution in [0.2, 0.25) is 0 Å². The Hall–Kier alpha value is -1.14. The molecule has 1 aliphatic heterocycles. The number of amides is 2. The lowest BCUT2D eigenvalue weighted by molar-refractivity contribution is -0.162. The highest BCUT2D eigenvalue weighted by Gasteiger charge is 2.55. The topological polar surface area (TPSA) is 67.9 Å². The van der Waals surface area contributed by atoms with E-state index >= 15 is 0 Å². The normalized spacial score (nSPS) is 33.9. The van der Waals surface area contributed by atoms with Gasteiger partial charge in [0.1, 0.15) is 11.8 Å². The van der Waals surface area contributed by atoms with Gasteiger partial charge >= 0.3 is 0 Å². The lowest BCUT2D eigenvalue weighted by atomic mass is 9.83. The number of ether oxygens (including phenoxy) is 2. The monoisotopic (exact) mass is 324 g/mol. The lowest BCUT2D eigenvalue weighted by Crippen LogP contribution is -2.57. The number of carbonyl (C=O) groups excluding carboxylic acids is 2. The smallest absolute Gasteiger partial charge is 0.245 e. The minimum absolute atomic E-state index is 0.0993. The fourth-order valence-corrected chi connectivity index (χ4v) is 3.73. The van der Waals surface area contributed by atoms with E-state index in [1.165, 1.54) is 0 Å². The van der Waals surface area contributed by atoms with Gasteiger partial charge in [0.2, 0.25) is 11.8 Å². The van der Waals surface area contributed by atoms with Crippen LogP contribution < -0.4 is 5.32 Å². The van der Waals surface area contributed by atoms with Gasteiger partial charge in [-0.1, -0.05) is 6.92 Å². The molecule has 0 unspecified atom stereocenters. The molecule has 2 saturated carbocycles. The van der Waals surface area contributed by atoms with Crippen LogP contribution in [-0.4, -0.2) is 55.3 Å². The highest BCUT2D eigenvalue weighted by atomic mass is 16.5. The zero-order valence-electron chi connectivity index (χ0n) is 14.2. The Morgan fingerprint density at radius 2 is 1.96 bits per heavy atom. The minimum atomic E-state index is -0.546. The Morgan fingerprint density at radius 1 is 1.26 bits per heavy atom. The van der Waals surface area contributed by atoms with E-state index in [1.807, 2.05) is 0 Å². The van der Waals surface area contributed by atoms with Crippen molar-refractivity contribution in [2.45, 2.75) is 57.2 Å². The predicted octanol–water partition coefficient (Wildman–Crippen LogP) is 1.29. The Balaban J connectivity index is 1.74. The molecule has 2 amide bonds. The molecule has 3 fully saturated rings.